The fraction of sp³-hybridized carbons (Fsp3) is 0.467. The van der Waals surface area contributed by atoms with E-state index in [-0.39, 0.29) is 18.2 Å². The molecule has 0 aliphatic carbocycles. The molecule has 1 fully saturated rings. The van der Waals surface area contributed by atoms with Crippen LogP contribution in [0.3, 0.4) is 0 Å². The standard InChI is InChI=1S/C15H15F3N2O/c16-15(17,18)13-3-1-11(2-4-13)9-14(21)20-7-5-12(10-19)6-8-20/h1-4,12H,5-9H2. The summed E-state index contributed by atoms with van der Waals surface area (Å²) in [4.78, 5) is 13.7. The zero-order valence-electron chi connectivity index (χ0n) is 11.4. The monoisotopic (exact) mass is 296 g/mol. The van der Waals surface area contributed by atoms with E-state index in [2.05, 4.69) is 6.07 Å². The molecule has 0 aromatic heterocycles. The SMILES string of the molecule is N#CC1CCN(C(=O)Cc2ccc(C(F)(F)F)cc2)CC1. The molecule has 21 heavy (non-hydrogen) atoms. The fourth-order valence-electron chi connectivity index (χ4n) is 2.36. The van der Waals surface area contributed by atoms with Crippen molar-refractivity contribution < 1.29 is 18.0 Å². The first-order valence-electron chi connectivity index (χ1n) is 6.73. The summed E-state index contributed by atoms with van der Waals surface area (Å²) < 4.78 is 37.3. The van der Waals surface area contributed by atoms with Crippen molar-refractivity contribution in [1.82, 2.24) is 4.90 Å². The summed E-state index contributed by atoms with van der Waals surface area (Å²) >= 11 is 0. The van der Waals surface area contributed by atoms with Crippen molar-refractivity contribution in [2.24, 2.45) is 5.92 Å². The van der Waals surface area contributed by atoms with E-state index in [0.717, 1.165) is 12.1 Å². The summed E-state index contributed by atoms with van der Waals surface area (Å²) in [5.74, 6) is -0.105. The minimum atomic E-state index is -4.36. The number of halogens is 3. The van der Waals surface area contributed by atoms with Gasteiger partial charge >= 0.3 is 6.18 Å². The van der Waals surface area contributed by atoms with Crippen LogP contribution in [0.25, 0.3) is 0 Å². The summed E-state index contributed by atoms with van der Waals surface area (Å²) in [6.07, 6.45) is -2.94. The van der Waals surface area contributed by atoms with Gasteiger partial charge in [0.2, 0.25) is 5.91 Å². The average molecular weight is 296 g/mol. The molecule has 0 bridgehead atoms. The number of hydrogen-bond donors (Lipinski definition) is 0. The summed E-state index contributed by atoms with van der Waals surface area (Å²) in [5, 5.41) is 8.80. The van der Waals surface area contributed by atoms with Crippen LogP contribution < -0.4 is 0 Å². The number of nitriles is 1. The molecule has 1 aromatic rings. The third kappa shape index (κ3) is 3.97. The summed E-state index contributed by atoms with van der Waals surface area (Å²) in [6, 6.07) is 6.84. The van der Waals surface area contributed by atoms with Gasteiger partial charge in [0.05, 0.1) is 18.1 Å². The third-order valence-electron chi connectivity index (χ3n) is 3.67. The zero-order valence-corrected chi connectivity index (χ0v) is 11.4. The molecule has 1 aliphatic heterocycles. The highest BCUT2D eigenvalue weighted by Crippen LogP contribution is 2.29. The number of carbonyl (C=O) groups excluding carboxylic acids is 1. The number of likely N-dealkylation sites (tertiary alicyclic amines) is 1. The van der Waals surface area contributed by atoms with Gasteiger partial charge in [-0.1, -0.05) is 12.1 Å². The van der Waals surface area contributed by atoms with E-state index in [4.69, 9.17) is 5.26 Å². The Morgan fingerprint density at radius 2 is 1.81 bits per heavy atom. The number of benzene rings is 1. The molecule has 1 saturated heterocycles. The largest absolute Gasteiger partial charge is 0.416 e. The van der Waals surface area contributed by atoms with E-state index in [1.54, 1.807) is 4.90 Å². The Morgan fingerprint density at radius 3 is 2.29 bits per heavy atom. The minimum absolute atomic E-state index is 0.000110. The third-order valence-corrected chi connectivity index (χ3v) is 3.67. The van der Waals surface area contributed by atoms with E-state index < -0.39 is 11.7 Å². The van der Waals surface area contributed by atoms with E-state index in [1.165, 1.54) is 12.1 Å². The molecule has 0 atom stereocenters. The Balaban J connectivity index is 1.93. The number of nitrogens with zero attached hydrogens (tertiary/aromatic N) is 2. The predicted molar refractivity (Wildman–Crippen MR) is 70.1 cm³/mol. The summed E-state index contributed by atoms with van der Waals surface area (Å²) in [7, 11) is 0. The number of hydrogen-bond acceptors (Lipinski definition) is 2. The van der Waals surface area contributed by atoms with Crippen molar-refractivity contribution in [2.45, 2.75) is 25.4 Å². The fourth-order valence-corrected chi connectivity index (χ4v) is 2.36. The van der Waals surface area contributed by atoms with E-state index in [1.807, 2.05) is 0 Å². The average Bonchev–Trinajstić information content (AvgIpc) is 2.47. The lowest BCUT2D eigenvalue weighted by atomic mass is 9.98. The van der Waals surface area contributed by atoms with Crippen LogP contribution in [0.2, 0.25) is 0 Å². The Morgan fingerprint density at radius 1 is 1.24 bits per heavy atom. The molecule has 0 N–H and O–H groups in total. The molecule has 2 rings (SSSR count). The normalized spacial score (nSPS) is 16.6. The number of alkyl halides is 3. The van der Waals surface area contributed by atoms with Gasteiger partial charge in [0.15, 0.2) is 0 Å². The second-order valence-electron chi connectivity index (χ2n) is 5.16. The quantitative estimate of drug-likeness (QED) is 0.842. The Hall–Kier alpha value is -2.03. The summed E-state index contributed by atoms with van der Waals surface area (Å²) in [6.45, 7) is 1.08. The Labute approximate surface area is 121 Å². The van der Waals surface area contributed by atoms with Crippen LogP contribution in [0.5, 0.6) is 0 Å². The molecule has 112 valence electrons. The van der Waals surface area contributed by atoms with E-state index >= 15 is 0 Å². The summed E-state index contributed by atoms with van der Waals surface area (Å²) in [5.41, 5.74) is -0.149. The molecular formula is C15H15F3N2O. The second kappa shape index (κ2) is 6.17. The Bertz CT molecular complexity index is 538. The molecule has 0 saturated carbocycles. The van der Waals surface area contributed by atoms with Gasteiger partial charge in [-0.25, -0.2) is 0 Å². The molecule has 3 nitrogen and oxygen atoms in total. The highest BCUT2D eigenvalue weighted by Gasteiger charge is 2.30. The number of piperidine rings is 1. The van der Waals surface area contributed by atoms with Gasteiger partial charge in [0.1, 0.15) is 0 Å². The highest BCUT2D eigenvalue weighted by atomic mass is 19.4. The maximum Gasteiger partial charge on any atom is 0.416 e. The maximum absolute atomic E-state index is 12.4. The smallest absolute Gasteiger partial charge is 0.342 e. The van der Waals surface area contributed by atoms with Gasteiger partial charge in [-0.3, -0.25) is 4.79 Å². The first-order valence-corrected chi connectivity index (χ1v) is 6.73. The number of rotatable bonds is 2. The predicted octanol–water partition coefficient (Wildman–Crippen LogP) is 3.01. The van der Waals surface area contributed by atoms with Crippen molar-refractivity contribution in [3.63, 3.8) is 0 Å². The van der Waals surface area contributed by atoms with Crippen molar-refractivity contribution >= 4 is 5.91 Å². The van der Waals surface area contributed by atoms with Crippen LogP contribution in [-0.4, -0.2) is 23.9 Å². The molecule has 1 amide bonds. The topological polar surface area (TPSA) is 44.1 Å². The van der Waals surface area contributed by atoms with Crippen LogP contribution in [0, 0.1) is 17.2 Å². The molecule has 6 heteroatoms. The van der Waals surface area contributed by atoms with Gasteiger partial charge in [-0.15, -0.1) is 0 Å². The second-order valence-corrected chi connectivity index (χ2v) is 5.16. The lowest BCUT2D eigenvalue weighted by Gasteiger charge is -2.29. The van der Waals surface area contributed by atoms with Crippen molar-refractivity contribution in [2.75, 3.05) is 13.1 Å². The molecule has 1 heterocycles. The van der Waals surface area contributed by atoms with Gasteiger partial charge in [0.25, 0.3) is 0 Å². The van der Waals surface area contributed by atoms with E-state index in [9.17, 15) is 18.0 Å². The van der Waals surface area contributed by atoms with Crippen LogP contribution in [0.1, 0.15) is 24.0 Å². The van der Waals surface area contributed by atoms with Gasteiger partial charge in [-0.05, 0) is 30.5 Å². The lowest BCUT2D eigenvalue weighted by Crippen LogP contribution is -2.39. The van der Waals surface area contributed by atoms with Crippen LogP contribution in [0.15, 0.2) is 24.3 Å². The molecule has 1 aliphatic rings. The van der Waals surface area contributed by atoms with Crippen molar-refractivity contribution in [3.8, 4) is 6.07 Å². The molecule has 0 spiro atoms. The maximum atomic E-state index is 12.4. The van der Waals surface area contributed by atoms with Crippen molar-refractivity contribution in [1.29, 1.82) is 5.26 Å². The first-order chi connectivity index (χ1) is 9.90. The molecule has 1 aromatic carbocycles. The van der Waals surface area contributed by atoms with Crippen LogP contribution in [-0.2, 0) is 17.4 Å². The number of carbonyl (C=O) groups is 1. The van der Waals surface area contributed by atoms with Gasteiger partial charge in [-0.2, -0.15) is 18.4 Å². The molecule has 0 radical (unpaired) electrons. The highest BCUT2D eigenvalue weighted by molar-refractivity contribution is 5.78. The van der Waals surface area contributed by atoms with Gasteiger partial charge in [0, 0.05) is 19.0 Å². The minimum Gasteiger partial charge on any atom is -0.342 e. The van der Waals surface area contributed by atoms with Crippen LogP contribution >= 0.6 is 0 Å². The number of amides is 1. The first kappa shape index (κ1) is 15.4. The van der Waals surface area contributed by atoms with Crippen LogP contribution in [0.4, 0.5) is 13.2 Å². The van der Waals surface area contributed by atoms with Gasteiger partial charge < -0.3 is 4.90 Å². The Kier molecular flexibility index (Phi) is 4.51. The van der Waals surface area contributed by atoms with Crippen molar-refractivity contribution in [3.05, 3.63) is 35.4 Å². The van der Waals surface area contributed by atoms with E-state index in [0.29, 0.717) is 31.5 Å². The zero-order chi connectivity index (χ0) is 15.5. The lowest BCUT2D eigenvalue weighted by molar-refractivity contribution is -0.137. The molecular weight excluding hydrogens is 281 g/mol. The molecule has 0 unspecified atom stereocenters.